The van der Waals surface area contributed by atoms with Crippen molar-refractivity contribution in [2.24, 2.45) is 51.9 Å². The molecule has 2 N–H and O–H groups in total. The third-order valence-electron chi connectivity index (χ3n) is 16.4. The van der Waals surface area contributed by atoms with Crippen LogP contribution in [-0.4, -0.2) is 284 Å². The molecule has 51 heteroatoms. The van der Waals surface area contributed by atoms with Gasteiger partial charge in [0.1, 0.15) is 22.1 Å². The lowest BCUT2D eigenvalue weighted by Gasteiger charge is -2.13. The highest BCUT2D eigenvalue weighted by molar-refractivity contribution is 8.76. The van der Waals surface area contributed by atoms with E-state index < -0.39 is 51.6 Å². The fourth-order valence-electron chi connectivity index (χ4n) is 8.45. The van der Waals surface area contributed by atoms with Gasteiger partial charge in [0.15, 0.2) is 15.7 Å². The molecule has 0 bridgehead atoms. The Morgan fingerprint density at radius 2 is 0.643 bits per heavy atom. The number of nitroso groups, excluding NO2 is 1. The Morgan fingerprint density at radius 1 is 0.364 bits per heavy atom. The molecule has 0 saturated heterocycles. The fourth-order valence-corrected chi connectivity index (χ4v) is 17.0. The van der Waals surface area contributed by atoms with Gasteiger partial charge in [0.05, 0.1) is 139 Å². The van der Waals surface area contributed by atoms with Gasteiger partial charge in [-0.1, -0.05) is 162 Å². The number of amides is 2. The normalized spacial score (nSPS) is 12.0. The number of hydrogen-bond donors (Lipinski definition) is 2. The third kappa shape index (κ3) is 64.2. The summed E-state index contributed by atoms with van der Waals surface area (Å²) in [4.78, 5) is 171. The largest absolute Gasteiger partial charge is 0.469 e. The molecule has 0 aliphatic heterocycles. The Hall–Kier alpha value is -12.1. The van der Waals surface area contributed by atoms with Gasteiger partial charge in [-0.25, -0.2) is 48.5 Å². The monoisotopic (exact) mass is 2120 g/mol. The molecule has 766 valence electrons. The van der Waals surface area contributed by atoms with Crippen molar-refractivity contribution in [3.05, 3.63) is 159 Å². The van der Waals surface area contributed by atoms with E-state index in [2.05, 4.69) is 107 Å². The quantitative estimate of drug-likeness (QED) is 0.00525. The number of thioether (sulfide) groups is 5. The van der Waals surface area contributed by atoms with Crippen LogP contribution in [0.5, 0.6) is 0 Å². The zero-order chi connectivity index (χ0) is 107. The number of carbonyl (C=O) groups excluding carboxylic acids is 14. The number of hydrogen-bond acceptors (Lipinski definition) is 44. The summed E-state index contributed by atoms with van der Waals surface area (Å²) < 4.78 is 59.2. The predicted octanol–water partition coefficient (Wildman–Crippen LogP) is 11.7. The van der Waals surface area contributed by atoms with E-state index in [-0.39, 0.29) is 115 Å². The van der Waals surface area contributed by atoms with Gasteiger partial charge in [0.25, 0.3) is 0 Å². The Labute approximate surface area is 853 Å². The molecule has 140 heavy (non-hydrogen) atoms. The van der Waals surface area contributed by atoms with E-state index in [9.17, 15) is 72.0 Å². The molecule has 0 saturated carbocycles. The van der Waals surface area contributed by atoms with Crippen molar-refractivity contribution in [2.75, 3.05) is 156 Å². The second-order valence-electron chi connectivity index (χ2n) is 27.3. The summed E-state index contributed by atoms with van der Waals surface area (Å²) >= 11 is 8.89. The minimum atomic E-state index is -0.889. The highest BCUT2D eigenvalue weighted by Crippen LogP contribution is 2.29. The first-order valence-corrected chi connectivity index (χ1v) is 50.7. The number of esters is 12. The van der Waals surface area contributed by atoms with Crippen LogP contribution in [0, 0.1) is 106 Å². The number of ether oxygens (including phenoxy) is 12. The van der Waals surface area contributed by atoms with Crippen LogP contribution in [0.25, 0.3) is 36.6 Å². The van der Waals surface area contributed by atoms with Gasteiger partial charge >= 0.3 is 91.3 Å². The number of methoxy groups -OCH3 is 12. The zero-order valence-corrected chi connectivity index (χ0v) is 88.5. The zero-order valence-electron chi connectivity index (χ0n) is 81.2. The van der Waals surface area contributed by atoms with Crippen LogP contribution >= 0.6 is 104 Å². The SMILES string of the molecule is CC(CSSn1nnc2ccccc21)C(=O)NCc1ccccc1.COC(=O)C(C#N)SCC(C)C(=O)NCc1ccccc1.COC(=O)C(C)CSC(C#N)C(=O)OC.COC(=O)C(C)CSC(C#N)C(=O)OC.COC(=O)C(C)CSCSCC(C)C(=O)OC.COC(=O)C(C)CSN=O.COC(=O)C(C)CSn1nnc2ccccc21.[C-]#[N+]CC(=O)OC.[C-]#[N+]CC(=O)OC.[C-]#[N+]CC(=O)OC. The van der Waals surface area contributed by atoms with Crippen LogP contribution in [-0.2, 0) is 137 Å². The van der Waals surface area contributed by atoms with Crippen molar-refractivity contribution >= 4 is 210 Å². The van der Waals surface area contributed by atoms with Gasteiger partial charge in [-0.3, -0.25) is 38.4 Å². The molecule has 0 aliphatic carbocycles. The molecule has 2 amide bonds. The number of para-hydroxylation sites is 2. The summed E-state index contributed by atoms with van der Waals surface area (Å²) in [6.45, 7) is 33.3. The number of nitrogens with zero attached hydrogens (tertiary/aromatic N) is 13. The first-order valence-electron chi connectivity index (χ1n) is 41.1. The van der Waals surface area contributed by atoms with Gasteiger partial charge in [0.2, 0.25) is 11.8 Å². The molecule has 0 fully saturated rings. The molecule has 42 nitrogen and oxygen atoms in total. The third-order valence-corrected chi connectivity index (χ3v) is 27.4. The topological polar surface area (TPSA) is 549 Å². The lowest BCUT2D eigenvalue weighted by Crippen LogP contribution is -2.30. The van der Waals surface area contributed by atoms with Crippen LogP contribution in [0.3, 0.4) is 0 Å². The molecular weight excluding hydrogens is 2000 g/mol. The first-order chi connectivity index (χ1) is 66.8. The van der Waals surface area contributed by atoms with Crippen molar-refractivity contribution in [3.63, 3.8) is 0 Å². The standard InChI is InChI=1S/C17H18N4OS2.C15H18N2O3S.C11H13N3O2S.C11H20O4S2.2C9H13NO4S.C5H9NO3S.3C4H5NO2/c1-13(17(22)18-11-14-7-3-2-4-8-14)12-23-24-21-16-10-6-5-9-15(16)19-20-21;1-11(10-21-13(8-16)15(19)20-2)14(18)17-9-12-6-4-3-5-7-12;1-8(11(15)16-2)7-17-14-10-6-4-3-5-9(10)12-13-14;1-8(10(12)14-3)5-16-7-17-6-9(2)11(13)15-4;2*1-6(8(11)13-2)5-15-7(4-10)9(12)14-3;1-4(3-10-6-8)5(7)9-2;3*1-5-3-4(6)7-2/h2-10,13H,11-12H2,1H3,(H,18,22);3-7,11,13H,9-10H2,1-2H3,(H,17,18);3-6,8H,7H2,1-2H3;8-9H,5-7H2,1-4H3;2*6-7H,5H2,1-3H3;4H,3H2,1-2H3;3*3H2,2H3. The van der Waals surface area contributed by atoms with E-state index in [0.29, 0.717) is 47.6 Å². The summed E-state index contributed by atoms with van der Waals surface area (Å²) in [5.41, 5.74) is 5.79. The van der Waals surface area contributed by atoms with Crippen LogP contribution < -0.4 is 10.6 Å². The Morgan fingerprint density at radius 3 is 0.943 bits per heavy atom. The summed E-state index contributed by atoms with van der Waals surface area (Å²) in [5.74, 6) is -2.19. The number of rotatable bonds is 43. The summed E-state index contributed by atoms with van der Waals surface area (Å²) in [6, 6.07) is 40.5. The van der Waals surface area contributed by atoms with E-state index in [1.807, 2.05) is 143 Å². The number of nitriles is 3. The van der Waals surface area contributed by atoms with E-state index >= 15 is 0 Å². The van der Waals surface area contributed by atoms with Gasteiger partial charge in [-0.2, -0.15) is 47.5 Å². The fraction of sp³-hybridized carbons (Fsp3) is 0.506. The highest BCUT2D eigenvalue weighted by Gasteiger charge is 2.27. The molecule has 6 aromatic rings. The van der Waals surface area contributed by atoms with Crippen molar-refractivity contribution in [3.8, 4) is 18.2 Å². The molecule has 2 heterocycles. The highest BCUT2D eigenvalue weighted by atomic mass is 33.1. The van der Waals surface area contributed by atoms with Crippen molar-refractivity contribution in [2.45, 2.75) is 84.2 Å². The van der Waals surface area contributed by atoms with Gasteiger partial charge in [-0.05, 0) is 47.3 Å². The number of fused-ring (bicyclic) bond motifs is 2. The van der Waals surface area contributed by atoms with Crippen molar-refractivity contribution < 1.29 is 124 Å². The van der Waals surface area contributed by atoms with E-state index in [4.69, 9.17) is 35.5 Å². The molecule has 11 atom stereocenters. The second-order valence-corrected chi connectivity index (χ2v) is 37.1. The summed E-state index contributed by atoms with van der Waals surface area (Å²) in [7, 11) is 18.7. The number of nitrogens with one attached hydrogen (secondary N) is 2. The minimum Gasteiger partial charge on any atom is -0.469 e. The predicted molar refractivity (Wildman–Crippen MR) is 540 cm³/mol. The lowest BCUT2D eigenvalue weighted by atomic mass is 10.2. The Bertz CT molecular complexity index is 4810. The number of carbonyl (C=O) groups is 14. The molecule has 0 aliphatic rings. The van der Waals surface area contributed by atoms with E-state index in [0.717, 1.165) is 97.0 Å². The van der Waals surface area contributed by atoms with Gasteiger partial charge in [-0.15, -0.1) is 50.4 Å². The molecular formula is C89H119N15O27S9. The molecule has 0 radical (unpaired) electrons. The average molecular weight is 2120 g/mol. The van der Waals surface area contributed by atoms with Crippen LogP contribution in [0.1, 0.15) is 66.5 Å². The molecule has 2 aromatic heterocycles. The maximum Gasteiger partial charge on any atom is 0.386 e. The minimum absolute atomic E-state index is 0.0652. The van der Waals surface area contributed by atoms with Crippen LogP contribution in [0.15, 0.2) is 114 Å². The first kappa shape index (κ1) is 134. The molecule has 4 aromatic carbocycles. The second kappa shape index (κ2) is 86.1. The molecule has 0 spiro atoms. The average Bonchev–Trinajstić information content (AvgIpc) is 1.70. The summed E-state index contributed by atoms with van der Waals surface area (Å²) in [5, 5.41) is 46.5. The number of benzene rings is 4. The summed E-state index contributed by atoms with van der Waals surface area (Å²) in [6.07, 6.45) is 0. The lowest BCUT2D eigenvalue weighted by molar-refractivity contribution is -0.144. The molecule has 11 unspecified atom stereocenters. The van der Waals surface area contributed by atoms with Crippen molar-refractivity contribution in [1.29, 1.82) is 15.8 Å². The maximum atomic E-state index is 12.2. The van der Waals surface area contributed by atoms with Crippen LogP contribution in [0.2, 0.25) is 0 Å². The smallest absolute Gasteiger partial charge is 0.386 e. The van der Waals surface area contributed by atoms with Gasteiger partial charge in [0, 0.05) is 104 Å². The maximum absolute atomic E-state index is 12.2. The van der Waals surface area contributed by atoms with E-state index in [1.165, 1.54) is 108 Å². The number of aromatic nitrogens is 6. The van der Waals surface area contributed by atoms with E-state index in [1.54, 1.807) is 82.3 Å². The Kier molecular flexibility index (Phi) is 82.5. The van der Waals surface area contributed by atoms with Crippen molar-refractivity contribution in [1.82, 2.24) is 39.4 Å². The molecule has 6 rings (SSSR count). The van der Waals surface area contributed by atoms with Gasteiger partial charge < -0.3 is 82.0 Å². The Balaban J connectivity index is -0.000000752. The van der Waals surface area contributed by atoms with Crippen LogP contribution in [0.4, 0.5) is 0 Å².